The van der Waals surface area contributed by atoms with Gasteiger partial charge in [0, 0.05) is 6.42 Å². The van der Waals surface area contributed by atoms with Gasteiger partial charge in [0.1, 0.15) is 5.54 Å². The van der Waals surface area contributed by atoms with Crippen LogP contribution in [0.5, 0.6) is 0 Å². The monoisotopic (exact) mass is 266 g/mol. The molecule has 0 spiro atoms. The van der Waals surface area contributed by atoms with Crippen LogP contribution in [-0.4, -0.2) is 33.5 Å². The summed E-state index contributed by atoms with van der Waals surface area (Å²) >= 11 is 0. The van der Waals surface area contributed by atoms with Gasteiger partial charge in [-0.05, 0) is 26.3 Å². The van der Waals surface area contributed by atoms with Gasteiger partial charge in [-0.15, -0.1) is 0 Å². The van der Waals surface area contributed by atoms with Crippen LogP contribution in [0.15, 0.2) is 4.52 Å². The summed E-state index contributed by atoms with van der Waals surface area (Å²) in [5, 5.41) is 3.96. The van der Waals surface area contributed by atoms with Gasteiger partial charge in [0.05, 0.1) is 6.54 Å². The van der Waals surface area contributed by atoms with Crippen molar-refractivity contribution in [3.63, 3.8) is 0 Å². The highest BCUT2D eigenvalue weighted by Gasteiger charge is 2.43. The SMILES string of the molecule is CCCc1nc(CN(C)C2(C(N)=O)CCCC2)no1. The molecule has 2 N–H and O–H groups in total. The number of carbonyl (C=O) groups excluding carboxylic acids is 1. The van der Waals surface area contributed by atoms with Crippen molar-refractivity contribution in [3.05, 3.63) is 11.7 Å². The van der Waals surface area contributed by atoms with Crippen LogP contribution in [-0.2, 0) is 17.8 Å². The van der Waals surface area contributed by atoms with Gasteiger partial charge in [-0.3, -0.25) is 9.69 Å². The van der Waals surface area contributed by atoms with Crippen LogP contribution in [0.2, 0.25) is 0 Å². The first-order valence-corrected chi connectivity index (χ1v) is 6.91. The molecule has 1 amide bonds. The number of rotatable bonds is 6. The summed E-state index contributed by atoms with van der Waals surface area (Å²) in [4.78, 5) is 18.1. The lowest BCUT2D eigenvalue weighted by molar-refractivity contribution is -0.129. The molecule has 1 fully saturated rings. The molecule has 1 aliphatic rings. The minimum Gasteiger partial charge on any atom is -0.368 e. The van der Waals surface area contributed by atoms with Gasteiger partial charge in [-0.25, -0.2) is 0 Å². The summed E-state index contributed by atoms with van der Waals surface area (Å²) in [7, 11) is 1.91. The minimum absolute atomic E-state index is 0.246. The fourth-order valence-electron chi connectivity index (χ4n) is 2.81. The zero-order chi connectivity index (χ0) is 13.9. The van der Waals surface area contributed by atoms with E-state index in [1.807, 2.05) is 11.9 Å². The fraction of sp³-hybridized carbons (Fsp3) is 0.769. The van der Waals surface area contributed by atoms with Crippen LogP contribution in [0.4, 0.5) is 0 Å². The Labute approximate surface area is 113 Å². The molecule has 0 saturated heterocycles. The Morgan fingerprint density at radius 3 is 2.74 bits per heavy atom. The third-order valence-corrected chi connectivity index (χ3v) is 3.97. The number of amides is 1. The average Bonchev–Trinajstić information content (AvgIpc) is 2.99. The first-order chi connectivity index (χ1) is 9.08. The summed E-state index contributed by atoms with van der Waals surface area (Å²) < 4.78 is 5.16. The van der Waals surface area contributed by atoms with Crippen LogP contribution in [0, 0.1) is 0 Å². The Bertz CT molecular complexity index is 438. The van der Waals surface area contributed by atoms with Crippen molar-refractivity contribution >= 4 is 5.91 Å². The molecule has 1 aromatic heterocycles. The number of nitrogens with two attached hydrogens (primary N) is 1. The second-order valence-electron chi connectivity index (χ2n) is 5.31. The van der Waals surface area contributed by atoms with Gasteiger partial charge >= 0.3 is 0 Å². The number of carbonyl (C=O) groups is 1. The Kier molecular flexibility index (Phi) is 4.19. The van der Waals surface area contributed by atoms with E-state index in [4.69, 9.17) is 10.3 Å². The van der Waals surface area contributed by atoms with Crippen molar-refractivity contribution in [1.29, 1.82) is 0 Å². The number of aryl methyl sites for hydroxylation is 1. The van der Waals surface area contributed by atoms with Crippen LogP contribution >= 0.6 is 0 Å². The van der Waals surface area contributed by atoms with E-state index < -0.39 is 5.54 Å². The van der Waals surface area contributed by atoms with Gasteiger partial charge in [-0.2, -0.15) is 4.98 Å². The molecule has 0 atom stereocenters. The first-order valence-electron chi connectivity index (χ1n) is 6.91. The minimum atomic E-state index is -0.536. The maximum absolute atomic E-state index is 11.8. The van der Waals surface area contributed by atoms with Gasteiger partial charge < -0.3 is 10.3 Å². The van der Waals surface area contributed by atoms with E-state index in [0.717, 1.165) is 38.5 Å². The standard InChI is InChI=1S/C13H22N4O2/c1-3-6-11-15-10(16-19-11)9-17(2)13(12(14)18)7-4-5-8-13/h3-9H2,1-2H3,(H2,14,18). The van der Waals surface area contributed by atoms with E-state index in [2.05, 4.69) is 17.1 Å². The van der Waals surface area contributed by atoms with E-state index in [0.29, 0.717) is 18.3 Å². The van der Waals surface area contributed by atoms with Gasteiger partial charge in [0.25, 0.3) is 0 Å². The molecule has 0 bridgehead atoms. The lowest BCUT2D eigenvalue weighted by atomic mass is 9.94. The molecule has 106 valence electrons. The van der Waals surface area contributed by atoms with Crippen molar-refractivity contribution in [3.8, 4) is 0 Å². The molecule has 0 aromatic carbocycles. The maximum Gasteiger partial charge on any atom is 0.237 e. The Morgan fingerprint density at radius 2 is 2.16 bits per heavy atom. The van der Waals surface area contributed by atoms with Gasteiger partial charge in [0.2, 0.25) is 11.8 Å². The lowest BCUT2D eigenvalue weighted by Gasteiger charge is -2.34. The summed E-state index contributed by atoms with van der Waals surface area (Å²) in [6.45, 7) is 2.56. The summed E-state index contributed by atoms with van der Waals surface area (Å²) in [6, 6.07) is 0. The van der Waals surface area contributed by atoms with Crippen molar-refractivity contribution in [2.45, 2.75) is 57.5 Å². The van der Waals surface area contributed by atoms with Crippen LogP contribution in [0.3, 0.4) is 0 Å². The van der Waals surface area contributed by atoms with E-state index in [1.165, 1.54) is 0 Å². The molecule has 0 aliphatic heterocycles. The molecule has 0 unspecified atom stereocenters. The quantitative estimate of drug-likeness (QED) is 0.837. The first kappa shape index (κ1) is 14.0. The fourth-order valence-corrected chi connectivity index (χ4v) is 2.81. The number of likely N-dealkylation sites (N-methyl/N-ethyl adjacent to an activating group) is 1. The highest BCUT2D eigenvalue weighted by Crippen LogP contribution is 2.34. The zero-order valence-electron chi connectivity index (χ0n) is 11.7. The van der Waals surface area contributed by atoms with Gasteiger partial charge in [0.15, 0.2) is 5.82 Å². The smallest absolute Gasteiger partial charge is 0.237 e. The zero-order valence-corrected chi connectivity index (χ0v) is 11.7. The van der Waals surface area contributed by atoms with E-state index in [-0.39, 0.29) is 5.91 Å². The Morgan fingerprint density at radius 1 is 1.47 bits per heavy atom. The molecule has 1 heterocycles. The van der Waals surface area contributed by atoms with Crippen molar-refractivity contribution in [1.82, 2.24) is 15.0 Å². The lowest BCUT2D eigenvalue weighted by Crippen LogP contribution is -2.53. The number of hydrogen-bond donors (Lipinski definition) is 1. The number of aromatic nitrogens is 2. The summed E-state index contributed by atoms with van der Waals surface area (Å²) in [6.07, 6.45) is 5.48. The van der Waals surface area contributed by atoms with E-state index in [9.17, 15) is 4.79 Å². The van der Waals surface area contributed by atoms with Gasteiger partial charge in [-0.1, -0.05) is 24.9 Å². The van der Waals surface area contributed by atoms with Crippen molar-refractivity contribution in [2.24, 2.45) is 5.73 Å². The third-order valence-electron chi connectivity index (χ3n) is 3.97. The number of nitrogens with zero attached hydrogens (tertiary/aromatic N) is 3. The molecular weight excluding hydrogens is 244 g/mol. The second kappa shape index (κ2) is 5.69. The van der Waals surface area contributed by atoms with Crippen LogP contribution in [0.25, 0.3) is 0 Å². The Hall–Kier alpha value is -1.43. The van der Waals surface area contributed by atoms with Crippen LogP contribution < -0.4 is 5.73 Å². The molecule has 6 heteroatoms. The summed E-state index contributed by atoms with van der Waals surface area (Å²) in [5.74, 6) is 1.04. The molecule has 1 aliphatic carbocycles. The topological polar surface area (TPSA) is 85.3 Å². The maximum atomic E-state index is 11.8. The number of primary amides is 1. The van der Waals surface area contributed by atoms with E-state index in [1.54, 1.807) is 0 Å². The molecule has 6 nitrogen and oxygen atoms in total. The highest BCUT2D eigenvalue weighted by molar-refractivity contribution is 5.84. The average molecular weight is 266 g/mol. The largest absolute Gasteiger partial charge is 0.368 e. The van der Waals surface area contributed by atoms with Crippen LogP contribution in [0.1, 0.15) is 50.7 Å². The van der Waals surface area contributed by atoms with Crippen molar-refractivity contribution < 1.29 is 9.32 Å². The predicted octanol–water partition coefficient (Wildman–Crippen LogP) is 1.25. The molecular formula is C13H22N4O2. The second-order valence-corrected chi connectivity index (χ2v) is 5.31. The van der Waals surface area contributed by atoms with Crippen molar-refractivity contribution in [2.75, 3.05) is 7.05 Å². The molecule has 0 radical (unpaired) electrons. The normalized spacial score (nSPS) is 18.1. The Balaban J connectivity index is 2.06. The molecule has 19 heavy (non-hydrogen) atoms. The summed E-state index contributed by atoms with van der Waals surface area (Å²) in [5.41, 5.74) is 5.06. The third kappa shape index (κ3) is 2.78. The number of hydrogen-bond acceptors (Lipinski definition) is 5. The molecule has 2 rings (SSSR count). The van der Waals surface area contributed by atoms with E-state index >= 15 is 0 Å². The molecule has 1 aromatic rings. The highest BCUT2D eigenvalue weighted by atomic mass is 16.5. The predicted molar refractivity (Wildman–Crippen MR) is 70.2 cm³/mol. The molecule has 1 saturated carbocycles.